The van der Waals surface area contributed by atoms with Gasteiger partial charge in [-0.2, -0.15) is 0 Å². The van der Waals surface area contributed by atoms with Gasteiger partial charge >= 0.3 is 0 Å². The van der Waals surface area contributed by atoms with Crippen LogP contribution in [0.4, 0.5) is 5.69 Å². The number of nitrogens with one attached hydrogen (secondary N) is 1. The number of benzene rings is 1. The summed E-state index contributed by atoms with van der Waals surface area (Å²) in [5.74, 6) is -0.598. The second-order valence-electron chi connectivity index (χ2n) is 5.69. The molecule has 1 fully saturated rings. The molecule has 0 radical (unpaired) electrons. The van der Waals surface area contributed by atoms with E-state index in [1.165, 1.54) is 17.3 Å². The molecule has 23 heavy (non-hydrogen) atoms. The van der Waals surface area contributed by atoms with Gasteiger partial charge in [0.2, 0.25) is 11.8 Å². The first kappa shape index (κ1) is 15.2. The molecular weight excluding hydrogens is 294 g/mol. The van der Waals surface area contributed by atoms with Gasteiger partial charge in [-0.05, 0) is 24.5 Å². The number of aromatic nitrogens is 3. The lowest BCUT2D eigenvalue weighted by atomic mass is 10.0. The number of anilines is 1. The van der Waals surface area contributed by atoms with Crippen LogP contribution in [0.3, 0.4) is 0 Å². The van der Waals surface area contributed by atoms with E-state index >= 15 is 0 Å². The van der Waals surface area contributed by atoms with E-state index in [4.69, 9.17) is 0 Å². The summed E-state index contributed by atoms with van der Waals surface area (Å²) in [6.45, 7) is 4.45. The number of hydrogen-bond donors (Lipinski definition) is 1. The van der Waals surface area contributed by atoms with Gasteiger partial charge in [-0.1, -0.05) is 25.1 Å². The van der Waals surface area contributed by atoms with Crippen molar-refractivity contribution in [3.63, 3.8) is 0 Å². The van der Waals surface area contributed by atoms with Crippen LogP contribution >= 0.6 is 0 Å². The Labute approximate surface area is 134 Å². The highest BCUT2D eigenvalue weighted by atomic mass is 16.2. The molecule has 1 aliphatic rings. The number of aryl methyl sites for hydroxylation is 2. The summed E-state index contributed by atoms with van der Waals surface area (Å²) in [5.41, 5.74) is 5.79. The zero-order chi connectivity index (χ0) is 16.4. The molecule has 0 saturated carbocycles. The summed E-state index contributed by atoms with van der Waals surface area (Å²) >= 11 is 0. The molecule has 0 aliphatic carbocycles. The molecule has 1 aromatic heterocycles. The summed E-state index contributed by atoms with van der Waals surface area (Å²) < 4.78 is 1.39. The Balaban J connectivity index is 1.79. The summed E-state index contributed by atoms with van der Waals surface area (Å²) in [5, 5.41) is 7.27. The Morgan fingerprint density at radius 2 is 2.09 bits per heavy atom. The zero-order valence-electron chi connectivity index (χ0n) is 13.2. The van der Waals surface area contributed by atoms with Gasteiger partial charge in [-0.3, -0.25) is 15.0 Å². The molecule has 7 nitrogen and oxygen atoms in total. The lowest BCUT2D eigenvalue weighted by molar-refractivity contribution is -0.123. The molecule has 2 heterocycles. The smallest absolute Gasteiger partial charge is 0.244 e. The maximum absolute atomic E-state index is 12.4. The van der Waals surface area contributed by atoms with Gasteiger partial charge < -0.3 is 4.90 Å². The average Bonchev–Trinajstić information content (AvgIpc) is 3.16. The summed E-state index contributed by atoms with van der Waals surface area (Å²) in [7, 11) is 0. The third-order valence-corrected chi connectivity index (χ3v) is 4.13. The summed E-state index contributed by atoms with van der Waals surface area (Å²) in [4.78, 5) is 26.5. The quantitative estimate of drug-likeness (QED) is 0.922. The fourth-order valence-electron chi connectivity index (χ4n) is 2.97. The molecule has 1 aromatic carbocycles. The molecule has 0 bridgehead atoms. The van der Waals surface area contributed by atoms with E-state index in [0.29, 0.717) is 6.54 Å². The Bertz CT molecular complexity index is 726. The molecule has 1 atom stereocenters. The number of amides is 2. The van der Waals surface area contributed by atoms with Crippen molar-refractivity contribution in [2.45, 2.75) is 26.7 Å². The zero-order valence-corrected chi connectivity index (χ0v) is 13.2. The van der Waals surface area contributed by atoms with Crippen LogP contribution in [-0.2, 0) is 16.0 Å². The molecular formula is C16H19N5O2. The Morgan fingerprint density at radius 1 is 1.35 bits per heavy atom. The largest absolute Gasteiger partial charge is 0.311 e. The minimum absolute atomic E-state index is 0.0158. The van der Waals surface area contributed by atoms with Crippen molar-refractivity contribution >= 4 is 17.5 Å². The van der Waals surface area contributed by atoms with Crippen LogP contribution in [0, 0.1) is 12.8 Å². The first-order valence-electron chi connectivity index (χ1n) is 7.64. The summed E-state index contributed by atoms with van der Waals surface area (Å²) in [6.07, 6.45) is 3.87. The molecule has 0 unspecified atom stereocenters. The number of nitrogens with zero attached hydrogens (tertiary/aromatic N) is 4. The number of rotatable bonds is 4. The van der Waals surface area contributed by atoms with Gasteiger partial charge in [0.1, 0.15) is 12.7 Å². The third kappa shape index (κ3) is 2.94. The highest BCUT2D eigenvalue weighted by molar-refractivity contribution is 6.02. The first-order valence-corrected chi connectivity index (χ1v) is 7.64. The van der Waals surface area contributed by atoms with E-state index in [0.717, 1.165) is 23.2 Å². The fraction of sp³-hybridized carbons (Fsp3) is 0.375. The SMILES string of the molecule is CCc1cccc(C)c1N1C[C@@H](C(=O)Nn2cnnc2)CC1=O. The van der Waals surface area contributed by atoms with Crippen LogP contribution in [0.25, 0.3) is 0 Å². The van der Waals surface area contributed by atoms with Crippen LogP contribution in [0.5, 0.6) is 0 Å². The number of carbonyl (C=O) groups is 2. The number of carbonyl (C=O) groups excluding carboxylic acids is 2. The van der Waals surface area contributed by atoms with Crippen molar-refractivity contribution in [3.05, 3.63) is 42.0 Å². The molecule has 2 aromatic rings. The van der Waals surface area contributed by atoms with Gasteiger partial charge in [0, 0.05) is 18.7 Å². The molecule has 1 aliphatic heterocycles. The van der Waals surface area contributed by atoms with E-state index in [2.05, 4.69) is 22.5 Å². The third-order valence-electron chi connectivity index (χ3n) is 4.13. The summed E-state index contributed by atoms with van der Waals surface area (Å²) in [6, 6.07) is 6.01. The van der Waals surface area contributed by atoms with E-state index in [1.807, 2.05) is 25.1 Å². The predicted molar refractivity (Wildman–Crippen MR) is 85.4 cm³/mol. The van der Waals surface area contributed by atoms with Crippen LogP contribution in [0.1, 0.15) is 24.5 Å². The van der Waals surface area contributed by atoms with E-state index in [-0.39, 0.29) is 24.2 Å². The molecule has 120 valence electrons. The number of hydrogen-bond acceptors (Lipinski definition) is 4. The van der Waals surface area contributed by atoms with Crippen molar-refractivity contribution in [3.8, 4) is 0 Å². The van der Waals surface area contributed by atoms with Gasteiger partial charge in [-0.15, -0.1) is 10.2 Å². The lowest BCUT2D eigenvalue weighted by Gasteiger charge is -2.22. The average molecular weight is 313 g/mol. The van der Waals surface area contributed by atoms with Crippen molar-refractivity contribution in [2.75, 3.05) is 16.9 Å². The Morgan fingerprint density at radius 3 is 2.78 bits per heavy atom. The van der Waals surface area contributed by atoms with Gasteiger partial charge in [0.25, 0.3) is 0 Å². The van der Waals surface area contributed by atoms with Crippen LogP contribution < -0.4 is 10.3 Å². The topological polar surface area (TPSA) is 80.1 Å². The van der Waals surface area contributed by atoms with Gasteiger partial charge in [0.15, 0.2) is 0 Å². The Hall–Kier alpha value is -2.70. The van der Waals surface area contributed by atoms with Crippen molar-refractivity contribution in [2.24, 2.45) is 5.92 Å². The maximum atomic E-state index is 12.4. The molecule has 2 amide bonds. The van der Waals surface area contributed by atoms with Crippen molar-refractivity contribution < 1.29 is 9.59 Å². The van der Waals surface area contributed by atoms with Crippen LogP contribution in [-0.4, -0.2) is 33.2 Å². The molecule has 0 spiro atoms. The molecule has 1 saturated heterocycles. The van der Waals surface area contributed by atoms with Gasteiger partial charge in [0.05, 0.1) is 5.92 Å². The van der Waals surface area contributed by atoms with E-state index < -0.39 is 0 Å². The van der Waals surface area contributed by atoms with Crippen LogP contribution in [0.2, 0.25) is 0 Å². The minimum Gasteiger partial charge on any atom is -0.311 e. The standard InChI is InChI=1S/C16H19N5O2/c1-3-12-6-4-5-11(2)15(12)21-8-13(7-14(21)22)16(23)19-20-9-17-18-10-20/h4-6,9-10,13H,3,7-8H2,1-2H3,(H,19,23)/t13-/m0/s1. The number of para-hydroxylation sites is 1. The second kappa shape index (κ2) is 6.20. The van der Waals surface area contributed by atoms with Crippen molar-refractivity contribution in [1.29, 1.82) is 0 Å². The predicted octanol–water partition coefficient (Wildman–Crippen LogP) is 1.27. The lowest BCUT2D eigenvalue weighted by Crippen LogP contribution is -2.32. The second-order valence-corrected chi connectivity index (χ2v) is 5.69. The highest BCUT2D eigenvalue weighted by Crippen LogP contribution is 2.31. The Kier molecular flexibility index (Phi) is 4.10. The molecule has 3 rings (SSSR count). The molecule has 7 heteroatoms. The maximum Gasteiger partial charge on any atom is 0.244 e. The molecule has 1 N–H and O–H groups in total. The van der Waals surface area contributed by atoms with E-state index in [9.17, 15) is 9.59 Å². The highest BCUT2D eigenvalue weighted by Gasteiger charge is 2.36. The minimum atomic E-state index is -0.380. The normalized spacial score (nSPS) is 17.6. The first-order chi connectivity index (χ1) is 11.1. The van der Waals surface area contributed by atoms with Gasteiger partial charge in [-0.25, -0.2) is 4.68 Å². The van der Waals surface area contributed by atoms with Crippen LogP contribution in [0.15, 0.2) is 30.9 Å². The fourth-order valence-corrected chi connectivity index (χ4v) is 2.97. The van der Waals surface area contributed by atoms with E-state index in [1.54, 1.807) is 4.90 Å². The van der Waals surface area contributed by atoms with Crippen molar-refractivity contribution in [1.82, 2.24) is 14.9 Å². The monoisotopic (exact) mass is 313 g/mol.